The molecule has 1 aromatic rings. The van der Waals surface area contributed by atoms with Crippen LogP contribution in [0.1, 0.15) is 73.8 Å². The Morgan fingerprint density at radius 2 is 1.45 bits per heavy atom. The highest BCUT2D eigenvalue weighted by Crippen LogP contribution is 2.32. The molecule has 1 aromatic carbocycles. The molecule has 0 heterocycles. The summed E-state index contributed by atoms with van der Waals surface area (Å²) in [6.07, 6.45) is 2.50. The molecule has 0 saturated heterocycles. The summed E-state index contributed by atoms with van der Waals surface area (Å²) in [5, 5.41) is 0. The van der Waals surface area contributed by atoms with Crippen LogP contribution in [0.4, 0.5) is 0 Å². The summed E-state index contributed by atoms with van der Waals surface area (Å²) in [5.41, 5.74) is 0.764. The van der Waals surface area contributed by atoms with E-state index >= 15 is 0 Å². The standard InChI is InChI=1S/C16H24O2.C9H18O2/c1-5-18-15(17)16(4,11-13(2)3)12-14-9-7-6-8-10-14;1-5-11-9(10)8(4)6-7(2)3/h6-10,13H,5,11-12H2,1-4H3;7-8H,5-6H2,1-4H3. The molecule has 4 heteroatoms. The Bertz CT molecular complexity index is 580. The van der Waals surface area contributed by atoms with Gasteiger partial charge in [0.05, 0.1) is 24.5 Å². The van der Waals surface area contributed by atoms with Crippen LogP contribution in [-0.4, -0.2) is 25.2 Å². The van der Waals surface area contributed by atoms with Crippen molar-refractivity contribution in [2.24, 2.45) is 23.2 Å². The average molecular weight is 407 g/mol. The van der Waals surface area contributed by atoms with E-state index in [0.29, 0.717) is 25.0 Å². The summed E-state index contributed by atoms with van der Waals surface area (Å²) in [6.45, 7) is 17.0. The zero-order valence-corrected chi connectivity index (χ0v) is 19.8. The summed E-state index contributed by atoms with van der Waals surface area (Å²) < 4.78 is 10.1. The first kappa shape index (κ1) is 27.2. The maximum atomic E-state index is 12.2. The molecule has 0 aliphatic heterocycles. The molecule has 166 valence electrons. The van der Waals surface area contributed by atoms with Gasteiger partial charge in [-0.05, 0) is 57.4 Å². The third-order valence-corrected chi connectivity index (χ3v) is 4.58. The van der Waals surface area contributed by atoms with Gasteiger partial charge in [-0.1, -0.05) is 65.0 Å². The van der Waals surface area contributed by atoms with Crippen LogP contribution in [0.2, 0.25) is 0 Å². The molecule has 2 unspecified atom stereocenters. The van der Waals surface area contributed by atoms with Crippen LogP contribution in [0.3, 0.4) is 0 Å². The molecule has 0 saturated carbocycles. The van der Waals surface area contributed by atoms with E-state index in [4.69, 9.17) is 9.47 Å². The molecule has 0 aliphatic carbocycles. The number of rotatable bonds is 10. The third-order valence-electron chi connectivity index (χ3n) is 4.58. The molecule has 29 heavy (non-hydrogen) atoms. The van der Waals surface area contributed by atoms with Gasteiger partial charge < -0.3 is 9.47 Å². The maximum Gasteiger partial charge on any atom is 0.312 e. The predicted molar refractivity (Wildman–Crippen MR) is 120 cm³/mol. The molecular formula is C25H42O4. The summed E-state index contributed by atoms with van der Waals surface area (Å²) in [5.74, 6) is 0.941. The topological polar surface area (TPSA) is 52.6 Å². The fourth-order valence-electron chi connectivity index (χ4n) is 3.57. The van der Waals surface area contributed by atoms with Crippen LogP contribution in [0, 0.1) is 23.2 Å². The molecule has 0 radical (unpaired) electrons. The lowest BCUT2D eigenvalue weighted by Gasteiger charge is -2.29. The van der Waals surface area contributed by atoms with Crippen LogP contribution in [0.25, 0.3) is 0 Å². The minimum atomic E-state index is -0.425. The number of benzene rings is 1. The van der Waals surface area contributed by atoms with Crippen molar-refractivity contribution in [1.82, 2.24) is 0 Å². The summed E-state index contributed by atoms with van der Waals surface area (Å²) >= 11 is 0. The van der Waals surface area contributed by atoms with Crippen molar-refractivity contribution >= 4 is 11.9 Å². The third kappa shape index (κ3) is 11.7. The van der Waals surface area contributed by atoms with Crippen LogP contribution in [-0.2, 0) is 25.5 Å². The summed E-state index contributed by atoms with van der Waals surface area (Å²) in [7, 11) is 0. The largest absolute Gasteiger partial charge is 0.466 e. The monoisotopic (exact) mass is 406 g/mol. The fourth-order valence-corrected chi connectivity index (χ4v) is 3.57. The highest BCUT2D eigenvalue weighted by atomic mass is 16.5. The second-order valence-corrected chi connectivity index (χ2v) is 8.82. The van der Waals surface area contributed by atoms with Gasteiger partial charge >= 0.3 is 11.9 Å². The molecular weight excluding hydrogens is 364 g/mol. The van der Waals surface area contributed by atoms with Gasteiger partial charge in [-0.25, -0.2) is 0 Å². The van der Waals surface area contributed by atoms with Crippen molar-refractivity contribution in [3.05, 3.63) is 35.9 Å². The Morgan fingerprint density at radius 1 is 0.897 bits per heavy atom. The lowest BCUT2D eigenvalue weighted by molar-refractivity contribution is -0.155. The number of carbonyl (C=O) groups excluding carboxylic acids is 2. The van der Waals surface area contributed by atoms with Gasteiger partial charge in [0.2, 0.25) is 0 Å². The van der Waals surface area contributed by atoms with E-state index in [1.165, 1.54) is 5.56 Å². The normalized spacial score (nSPS) is 13.9. The molecule has 0 spiro atoms. The molecule has 0 bridgehead atoms. The number of hydrogen-bond acceptors (Lipinski definition) is 4. The number of carbonyl (C=O) groups is 2. The van der Waals surface area contributed by atoms with E-state index < -0.39 is 5.41 Å². The zero-order chi connectivity index (χ0) is 22.4. The van der Waals surface area contributed by atoms with Crippen molar-refractivity contribution < 1.29 is 19.1 Å². The first-order chi connectivity index (χ1) is 13.6. The minimum Gasteiger partial charge on any atom is -0.466 e. The number of ether oxygens (including phenoxy) is 2. The van der Waals surface area contributed by atoms with E-state index in [9.17, 15) is 9.59 Å². The SMILES string of the molecule is CCOC(=O)C(C)(Cc1ccccc1)CC(C)C.CCOC(=O)C(C)CC(C)C. The molecule has 1 rings (SSSR count). The number of esters is 2. The van der Waals surface area contributed by atoms with Crippen LogP contribution >= 0.6 is 0 Å². The van der Waals surface area contributed by atoms with E-state index in [1.54, 1.807) is 0 Å². The average Bonchev–Trinajstić information content (AvgIpc) is 2.62. The smallest absolute Gasteiger partial charge is 0.312 e. The molecule has 0 N–H and O–H groups in total. The van der Waals surface area contributed by atoms with Crippen molar-refractivity contribution in [2.75, 3.05) is 13.2 Å². The first-order valence-corrected chi connectivity index (χ1v) is 10.9. The molecule has 0 aromatic heterocycles. The van der Waals surface area contributed by atoms with E-state index in [2.05, 4.69) is 39.8 Å². The Morgan fingerprint density at radius 3 is 1.90 bits per heavy atom. The lowest BCUT2D eigenvalue weighted by Crippen LogP contribution is -2.33. The van der Waals surface area contributed by atoms with Crippen molar-refractivity contribution in [1.29, 1.82) is 0 Å². The quantitative estimate of drug-likeness (QED) is 0.442. The Labute approximate surface area is 178 Å². The van der Waals surface area contributed by atoms with Crippen LogP contribution < -0.4 is 0 Å². The van der Waals surface area contributed by atoms with Gasteiger partial charge in [0, 0.05) is 0 Å². The molecule has 2 atom stereocenters. The summed E-state index contributed by atoms with van der Waals surface area (Å²) in [4.78, 5) is 23.2. The second-order valence-electron chi connectivity index (χ2n) is 8.82. The van der Waals surface area contributed by atoms with Gasteiger partial charge in [0.15, 0.2) is 0 Å². The van der Waals surface area contributed by atoms with Crippen molar-refractivity contribution in [2.45, 2.75) is 74.7 Å². The molecule has 4 nitrogen and oxygen atoms in total. The van der Waals surface area contributed by atoms with Crippen molar-refractivity contribution in [3.8, 4) is 0 Å². The predicted octanol–water partition coefficient (Wildman–Crippen LogP) is 6.08. The minimum absolute atomic E-state index is 0.0509. The second kappa shape index (κ2) is 14.2. The first-order valence-electron chi connectivity index (χ1n) is 10.9. The fraction of sp³-hybridized carbons (Fsp3) is 0.680. The van der Waals surface area contributed by atoms with Crippen molar-refractivity contribution in [3.63, 3.8) is 0 Å². The van der Waals surface area contributed by atoms with Crippen LogP contribution in [0.5, 0.6) is 0 Å². The molecule has 0 aliphatic rings. The highest BCUT2D eigenvalue weighted by Gasteiger charge is 2.35. The molecule has 0 fully saturated rings. The highest BCUT2D eigenvalue weighted by molar-refractivity contribution is 5.76. The molecule has 0 amide bonds. The van der Waals surface area contributed by atoms with Crippen LogP contribution in [0.15, 0.2) is 30.3 Å². The van der Waals surface area contributed by atoms with Gasteiger partial charge in [0.1, 0.15) is 0 Å². The van der Waals surface area contributed by atoms with E-state index in [-0.39, 0.29) is 17.9 Å². The van der Waals surface area contributed by atoms with Gasteiger partial charge in [-0.15, -0.1) is 0 Å². The Kier molecular flexibility index (Phi) is 13.3. The van der Waals surface area contributed by atoms with E-state index in [1.807, 2.05) is 45.9 Å². The van der Waals surface area contributed by atoms with Gasteiger partial charge in [0.25, 0.3) is 0 Å². The number of hydrogen-bond donors (Lipinski definition) is 0. The van der Waals surface area contributed by atoms with Gasteiger partial charge in [-0.3, -0.25) is 9.59 Å². The maximum absolute atomic E-state index is 12.2. The Balaban J connectivity index is 0.000000614. The van der Waals surface area contributed by atoms with Gasteiger partial charge in [-0.2, -0.15) is 0 Å². The Hall–Kier alpha value is -1.84. The summed E-state index contributed by atoms with van der Waals surface area (Å²) in [6, 6.07) is 10.1. The van der Waals surface area contributed by atoms with E-state index in [0.717, 1.165) is 19.3 Å². The zero-order valence-electron chi connectivity index (χ0n) is 19.8. The lowest BCUT2D eigenvalue weighted by atomic mass is 9.77.